The van der Waals surface area contributed by atoms with Crippen LogP contribution in [0.5, 0.6) is 0 Å². The molecule has 4 nitrogen and oxygen atoms in total. The monoisotopic (exact) mass is 200 g/mol. The molecule has 0 aromatic carbocycles. The third-order valence-corrected chi connectivity index (χ3v) is 2.40. The molecule has 1 unspecified atom stereocenters. The summed E-state index contributed by atoms with van der Waals surface area (Å²) >= 11 is 0. The van der Waals surface area contributed by atoms with Gasteiger partial charge in [-0.05, 0) is 6.42 Å². The lowest BCUT2D eigenvalue weighted by molar-refractivity contribution is -0.130. The lowest BCUT2D eigenvalue weighted by Gasteiger charge is -2.17. The van der Waals surface area contributed by atoms with Gasteiger partial charge in [-0.25, -0.2) is 0 Å². The summed E-state index contributed by atoms with van der Waals surface area (Å²) in [5.74, 6) is 0.218. The number of hydrogen-bond donors (Lipinski definition) is 1. The van der Waals surface area contributed by atoms with Gasteiger partial charge in [-0.1, -0.05) is 13.8 Å². The Bertz CT molecular complexity index is 195. The first kappa shape index (κ1) is 11.5. The SMILES string of the molecule is COCCN1CCC(NC(C)C)C1=O. The van der Waals surface area contributed by atoms with Crippen LogP contribution in [0.2, 0.25) is 0 Å². The van der Waals surface area contributed by atoms with E-state index in [0.29, 0.717) is 19.2 Å². The van der Waals surface area contributed by atoms with Crippen LogP contribution in [0.15, 0.2) is 0 Å². The number of carbonyl (C=O) groups is 1. The van der Waals surface area contributed by atoms with Gasteiger partial charge in [0.25, 0.3) is 0 Å². The van der Waals surface area contributed by atoms with Gasteiger partial charge in [0.15, 0.2) is 0 Å². The number of rotatable bonds is 5. The maximum absolute atomic E-state index is 11.8. The first-order valence-corrected chi connectivity index (χ1v) is 5.19. The smallest absolute Gasteiger partial charge is 0.239 e. The molecule has 0 bridgehead atoms. The maximum atomic E-state index is 11.8. The highest BCUT2D eigenvalue weighted by Crippen LogP contribution is 2.11. The predicted molar refractivity (Wildman–Crippen MR) is 55.1 cm³/mol. The van der Waals surface area contributed by atoms with Crippen LogP contribution in [-0.2, 0) is 9.53 Å². The van der Waals surface area contributed by atoms with Crippen molar-refractivity contribution in [1.82, 2.24) is 10.2 Å². The van der Waals surface area contributed by atoms with E-state index < -0.39 is 0 Å². The zero-order valence-corrected chi connectivity index (χ0v) is 9.25. The average molecular weight is 200 g/mol. The Morgan fingerprint density at radius 3 is 2.93 bits per heavy atom. The van der Waals surface area contributed by atoms with E-state index >= 15 is 0 Å². The molecule has 0 aliphatic carbocycles. The van der Waals surface area contributed by atoms with Crippen molar-refractivity contribution in [2.24, 2.45) is 0 Å². The largest absolute Gasteiger partial charge is 0.383 e. The molecular formula is C10H20N2O2. The molecule has 14 heavy (non-hydrogen) atoms. The van der Waals surface area contributed by atoms with Gasteiger partial charge < -0.3 is 15.0 Å². The number of likely N-dealkylation sites (tertiary alicyclic amines) is 1. The number of carbonyl (C=O) groups excluding carboxylic acids is 1. The van der Waals surface area contributed by atoms with Crippen molar-refractivity contribution in [3.8, 4) is 0 Å². The lowest BCUT2D eigenvalue weighted by Crippen LogP contribution is -2.42. The van der Waals surface area contributed by atoms with Gasteiger partial charge in [0.05, 0.1) is 12.6 Å². The van der Waals surface area contributed by atoms with Crippen LogP contribution in [0.1, 0.15) is 20.3 Å². The van der Waals surface area contributed by atoms with Crippen LogP contribution in [0, 0.1) is 0 Å². The summed E-state index contributed by atoms with van der Waals surface area (Å²) in [7, 11) is 1.66. The van der Waals surface area contributed by atoms with Gasteiger partial charge in [-0.2, -0.15) is 0 Å². The maximum Gasteiger partial charge on any atom is 0.239 e. The summed E-state index contributed by atoms with van der Waals surface area (Å²) < 4.78 is 4.95. The van der Waals surface area contributed by atoms with Crippen molar-refractivity contribution in [3.05, 3.63) is 0 Å². The molecule has 1 aliphatic heterocycles. The Balaban J connectivity index is 2.35. The molecule has 1 rings (SSSR count). The summed E-state index contributed by atoms with van der Waals surface area (Å²) in [5, 5.41) is 3.27. The minimum absolute atomic E-state index is 0.0202. The van der Waals surface area contributed by atoms with Gasteiger partial charge in [0.2, 0.25) is 5.91 Å². The van der Waals surface area contributed by atoms with E-state index in [9.17, 15) is 4.79 Å². The van der Waals surface area contributed by atoms with Gasteiger partial charge >= 0.3 is 0 Å². The molecule has 82 valence electrons. The number of amides is 1. The second kappa shape index (κ2) is 5.32. The molecule has 4 heteroatoms. The molecule has 1 amide bonds. The summed E-state index contributed by atoms with van der Waals surface area (Å²) in [6.45, 7) is 6.31. The fraction of sp³-hybridized carbons (Fsp3) is 0.900. The highest BCUT2D eigenvalue weighted by Gasteiger charge is 2.30. The minimum Gasteiger partial charge on any atom is -0.383 e. The number of hydrogen-bond acceptors (Lipinski definition) is 3. The Morgan fingerprint density at radius 2 is 2.36 bits per heavy atom. The van der Waals surface area contributed by atoms with E-state index in [1.807, 2.05) is 4.90 Å². The van der Waals surface area contributed by atoms with E-state index in [0.717, 1.165) is 13.0 Å². The third kappa shape index (κ3) is 2.96. The van der Waals surface area contributed by atoms with E-state index in [1.165, 1.54) is 0 Å². The second-order valence-corrected chi connectivity index (χ2v) is 3.98. The Kier molecular flexibility index (Phi) is 4.35. The van der Waals surface area contributed by atoms with Crippen LogP contribution < -0.4 is 5.32 Å². The molecular weight excluding hydrogens is 180 g/mol. The second-order valence-electron chi connectivity index (χ2n) is 3.98. The molecule has 1 heterocycles. The Labute approximate surface area is 85.6 Å². The Morgan fingerprint density at radius 1 is 1.64 bits per heavy atom. The van der Waals surface area contributed by atoms with Gasteiger partial charge in [-0.3, -0.25) is 4.79 Å². The molecule has 1 aliphatic rings. The zero-order chi connectivity index (χ0) is 10.6. The fourth-order valence-corrected chi connectivity index (χ4v) is 1.72. The van der Waals surface area contributed by atoms with Crippen molar-refractivity contribution >= 4 is 5.91 Å². The standard InChI is InChI=1S/C10H20N2O2/c1-8(2)11-9-4-5-12(10(9)13)6-7-14-3/h8-9,11H,4-7H2,1-3H3. The molecule has 1 atom stereocenters. The number of ether oxygens (including phenoxy) is 1. The highest BCUT2D eigenvalue weighted by molar-refractivity contribution is 5.84. The quantitative estimate of drug-likeness (QED) is 0.691. The number of nitrogens with one attached hydrogen (secondary N) is 1. The van der Waals surface area contributed by atoms with Gasteiger partial charge in [0, 0.05) is 26.2 Å². The lowest BCUT2D eigenvalue weighted by atomic mass is 10.2. The first-order chi connectivity index (χ1) is 6.65. The predicted octanol–water partition coefficient (Wildman–Crippen LogP) is 0.232. The molecule has 1 N–H and O–H groups in total. The molecule has 0 spiro atoms. The van der Waals surface area contributed by atoms with Gasteiger partial charge in [-0.15, -0.1) is 0 Å². The highest BCUT2D eigenvalue weighted by atomic mass is 16.5. The van der Waals surface area contributed by atoms with Crippen molar-refractivity contribution in [1.29, 1.82) is 0 Å². The van der Waals surface area contributed by atoms with Crippen molar-refractivity contribution in [2.45, 2.75) is 32.4 Å². The molecule has 1 fully saturated rings. The van der Waals surface area contributed by atoms with E-state index in [-0.39, 0.29) is 11.9 Å². The molecule has 0 aromatic heterocycles. The third-order valence-electron chi connectivity index (χ3n) is 2.40. The van der Waals surface area contributed by atoms with Gasteiger partial charge in [0.1, 0.15) is 0 Å². The van der Waals surface area contributed by atoms with Crippen LogP contribution in [-0.4, -0.2) is 49.7 Å². The number of methoxy groups -OCH3 is 1. The van der Waals surface area contributed by atoms with Crippen molar-refractivity contribution in [2.75, 3.05) is 26.8 Å². The van der Waals surface area contributed by atoms with Crippen molar-refractivity contribution < 1.29 is 9.53 Å². The van der Waals surface area contributed by atoms with E-state index in [4.69, 9.17) is 4.74 Å². The van der Waals surface area contributed by atoms with E-state index in [2.05, 4.69) is 19.2 Å². The fourth-order valence-electron chi connectivity index (χ4n) is 1.72. The summed E-state index contributed by atoms with van der Waals surface area (Å²) in [5.41, 5.74) is 0. The molecule has 0 saturated carbocycles. The zero-order valence-electron chi connectivity index (χ0n) is 9.25. The van der Waals surface area contributed by atoms with Crippen LogP contribution in [0.25, 0.3) is 0 Å². The topological polar surface area (TPSA) is 41.6 Å². The van der Waals surface area contributed by atoms with Crippen LogP contribution >= 0.6 is 0 Å². The molecule has 0 radical (unpaired) electrons. The first-order valence-electron chi connectivity index (χ1n) is 5.19. The summed E-state index contributed by atoms with van der Waals surface area (Å²) in [4.78, 5) is 13.6. The average Bonchev–Trinajstić information content (AvgIpc) is 2.45. The van der Waals surface area contributed by atoms with Crippen LogP contribution in [0.4, 0.5) is 0 Å². The normalized spacial score (nSPS) is 22.4. The number of nitrogens with zero attached hydrogens (tertiary/aromatic N) is 1. The van der Waals surface area contributed by atoms with Crippen LogP contribution in [0.3, 0.4) is 0 Å². The minimum atomic E-state index is 0.0202. The molecule has 0 aromatic rings. The Hall–Kier alpha value is -0.610. The summed E-state index contributed by atoms with van der Waals surface area (Å²) in [6.07, 6.45) is 0.917. The van der Waals surface area contributed by atoms with E-state index in [1.54, 1.807) is 7.11 Å². The van der Waals surface area contributed by atoms with Crippen molar-refractivity contribution in [3.63, 3.8) is 0 Å². The molecule has 1 saturated heterocycles. The summed E-state index contributed by atoms with van der Waals surface area (Å²) in [6, 6.07) is 0.387.